The molecule has 1 aliphatic heterocycles. The first-order valence-electron chi connectivity index (χ1n) is 16.3. The van der Waals surface area contributed by atoms with Crippen molar-refractivity contribution >= 4 is 17.8 Å². The molecule has 1 saturated heterocycles. The SMILES string of the molecule is O=C(Cc1ccc(-c2ccc(O)cc2)cc1)NC[C@@H](O)[C@@H](O)[C@@H]1O[C@@](O)(C(=O)OCc2ccc(-c3ccccc3)cc2)C[C@H](O)[C@H]1NC(=O)CO. The molecule has 0 aliphatic carbocycles. The lowest BCUT2D eigenvalue weighted by atomic mass is 9.88. The zero-order valence-corrected chi connectivity index (χ0v) is 27.5. The van der Waals surface area contributed by atoms with E-state index in [1.54, 1.807) is 48.5 Å². The summed E-state index contributed by atoms with van der Waals surface area (Å²) in [6, 6.07) is 29.1. The van der Waals surface area contributed by atoms with Crippen LogP contribution in [0.2, 0.25) is 0 Å². The first-order chi connectivity index (χ1) is 24.5. The number of carbonyl (C=O) groups is 3. The summed E-state index contributed by atoms with van der Waals surface area (Å²) >= 11 is 0. The normalized spacial score (nSPS) is 21.2. The Balaban J connectivity index is 1.19. The third-order valence-electron chi connectivity index (χ3n) is 8.57. The van der Waals surface area contributed by atoms with Crippen LogP contribution < -0.4 is 10.6 Å². The predicted molar refractivity (Wildman–Crippen MR) is 183 cm³/mol. The number of benzene rings is 4. The molecule has 0 aromatic heterocycles. The van der Waals surface area contributed by atoms with E-state index >= 15 is 0 Å². The van der Waals surface area contributed by atoms with Crippen molar-refractivity contribution in [3.8, 4) is 28.0 Å². The number of hydrogen-bond acceptors (Lipinski definition) is 11. The summed E-state index contributed by atoms with van der Waals surface area (Å²) < 4.78 is 10.9. The van der Waals surface area contributed by atoms with Gasteiger partial charge in [0.05, 0.1) is 24.7 Å². The minimum absolute atomic E-state index is 0.0624. The molecule has 2 amide bonds. The molecular weight excluding hydrogens is 660 g/mol. The van der Waals surface area contributed by atoms with E-state index in [4.69, 9.17) is 9.47 Å². The summed E-state index contributed by atoms with van der Waals surface area (Å²) in [4.78, 5) is 37.8. The zero-order valence-electron chi connectivity index (χ0n) is 27.5. The van der Waals surface area contributed by atoms with E-state index in [2.05, 4.69) is 10.6 Å². The Hall–Kier alpha value is -5.15. The van der Waals surface area contributed by atoms with Crippen LogP contribution in [-0.4, -0.2) is 97.8 Å². The lowest BCUT2D eigenvalue weighted by Crippen LogP contribution is -2.68. The topological polar surface area (TPSA) is 215 Å². The molecule has 0 unspecified atom stereocenters. The van der Waals surface area contributed by atoms with Gasteiger partial charge in [0.15, 0.2) is 0 Å². The van der Waals surface area contributed by atoms with E-state index in [-0.39, 0.29) is 18.8 Å². The third kappa shape index (κ3) is 9.55. The minimum atomic E-state index is -2.79. The van der Waals surface area contributed by atoms with Crippen molar-refractivity contribution in [3.63, 3.8) is 0 Å². The van der Waals surface area contributed by atoms with Crippen molar-refractivity contribution in [1.29, 1.82) is 0 Å². The summed E-state index contributed by atoms with van der Waals surface area (Å²) in [5.74, 6) is -5.37. The Labute approximate surface area is 293 Å². The highest BCUT2D eigenvalue weighted by Crippen LogP contribution is 2.32. The molecule has 51 heavy (non-hydrogen) atoms. The van der Waals surface area contributed by atoms with Crippen LogP contribution in [0.3, 0.4) is 0 Å². The van der Waals surface area contributed by atoms with E-state index < -0.39 is 73.6 Å². The maximum absolute atomic E-state index is 13.1. The summed E-state index contributed by atoms with van der Waals surface area (Å²) in [6.07, 6.45) is -8.02. The van der Waals surface area contributed by atoms with Crippen LogP contribution in [0.5, 0.6) is 5.75 Å². The van der Waals surface area contributed by atoms with E-state index in [9.17, 15) is 45.0 Å². The number of aliphatic hydroxyl groups is 5. The second-order valence-electron chi connectivity index (χ2n) is 12.3. The number of phenolic OH excluding ortho intramolecular Hbond substituents is 1. The molecule has 13 heteroatoms. The predicted octanol–water partition coefficient (Wildman–Crippen LogP) is 1.17. The standard InChI is InChI=1S/C38H40N2O11/c41-21-33(46)40-34-30(43)19-38(49,37(48)50-22-24-8-12-26(13-9-24)25-4-2-1-3-5-25)51-36(34)35(47)31(44)20-39-32(45)18-23-6-10-27(11-7-23)28-14-16-29(42)17-15-28/h1-17,30-31,34-36,41-44,47,49H,18-22H2,(H,39,45)(H,40,46)/t30-,31+,34+,35+,36+,38+/m0/s1. The monoisotopic (exact) mass is 700 g/mol. The van der Waals surface area contributed by atoms with Crippen molar-refractivity contribution in [3.05, 3.63) is 114 Å². The van der Waals surface area contributed by atoms with Crippen LogP contribution in [0.1, 0.15) is 17.5 Å². The van der Waals surface area contributed by atoms with Gasteiger partial charge in [-0.1, -0.05) is 91.0 Å². The van der Waals surface area contributed by atoms with Crippen molar-refractivity contribution < 1.29 is 54.5 Å². The Bertz CT molecular complexity index is 1770. The summed E-state index contributed by atoms with van der Waals surface area (Å²) in [6.45, 7) is -1.73. The lowest BCUT2D eigenvalue weighted by Gasteiger charge is -2.45. The molecule has 5 rings (SSSR count). The molecule has 8 N–H and O–H groups in total. The van der Waals surface area contributed by atoms with Crippen LogP contribution in [0.25, 0.3) is 22.3 Å². The van der Waals surface area contributed by atoms with Gasteiger partial charge in [0, 0.05) is 13.0 Å². The van der Waals surface area contributed by atoms with Gasteiger partial charge in [-0.05, 0) is 45.5 Å². The van der Waals surface area contributed by atoms with Crippen LogP contribution in [0.15, 0.2) is 103 Å². The van der Waals surface area contributed by atoms with Gasteiger partial charge < -0.3 is 50.7 Å². The second kappa shape index (κ2) is 16.7. The molecule has 0 saturated carbocycles. The molecule has 1 heterocycles. The highest BCUT2D eigenvalue weighted by Gasteiger charge is 2.54. The van der Waals surface area contributed by atoms with Crippen molar-refractivity contribution in [2.24, 2.45) is 0 Å². The smallest absolute Gasteiger partial charge is 0.367 e. The maximum Gasteiger partial charge on any atom is 0.367 e. The van der Waals surface area contributed by atoms with Gasteiger partial charge in [-0.15, -0.1) is 0 Å². The van der Waals surface area contributed by atoms with Crippen LogP contribution in [0.4, 0.5) is 0 Å². The van der Waals surface area contributed by atoms with Gasteiger partial charge in [0.1, 0.15) is 31.2 Å². The molecule has 6 atom stereocenters. The number of carbonyl (C=O) groups excluding carboxylic acids is 3. The number of aliphatic hydroxyl groups excluding tert-OH is 4. The summed E-state index contributed by atoms with van der Waals surface area (Å²) in [5.41, 5.74) is 4.92. The van der Waals surface area contributed by atoms with Gasteiger partial charge in [-0.25, -0.2) is 4.79 Å². The number of ether oxygens (including phenoxy) is 2. The Kier molecular flexibility index (Phi) is 12.2. The lowest BCUT2D eigenvalue weighted by molar-refractivity contribution is -0.297. The first-order valence-corrected chi connectivity index (χ1v) is 16.3. The summed E-state index contributed by atoms with van der Waals surface area (Å²) in [5, 5.41) is 67.5. The largest absolute Gasteiger partial charge is 0.508 e. The molecule has 13 nitrogen and oxygen atoms in total. The second-order valence-corrected chi connectivity index (χ2v) is 12.3. The quantitative estimate of drug-likeness (QED) is 0.0927. The van der Waals surface area contributed by atoms with Crippen molar-refractivity contribution in [2.75, 3.05) is 13.2 Å². The highest BCUT2D eigenvalue weighted by atomic mass is 16.7. The van der Waals surface area contributed by atoms with E-state index in [1.165, 1.54) is 0 Å². The van der Waals surface area contributed by atoms with Crippen LogP contribution >= 0.6 is 0 Å². The molecule has 0 spiro atoms. The number of rotatable bonds is 13. The average molecular weight is 701 g/mol. The Morgan fingerprint density at radius 1 is 0.804 bits per heavy atom. The molecule has 0 radical (unpaired) electrons. The number of amides is 2. The number of aromatic hydroxyl groups is 1. The fraction of sp³-hybridized carbons (Fsp3) is 0.289. The molecule has 268 valence electrons. The number of phenols is 1. The fourth-order valence-electron chi connectivity index (χ4n) is 5.76. The van der Waals surface area contributed by atoms with Gasteiger partial charge in [-0.2, -0.15) is 0 Å². The zero-order chi connectivity index (χ0) is 36.5. The molecular formula is C38H40N2O11. The number of hydrogen-bond donors (Lipinski definition) is 8. The van der Waals surface area contributed by atoms with Gasteiger partial charge in [-0.3, -0.25) is 9.59 Å². The Morgan fingerprint density at radius 3 is 1.94 bits per heavy atom. The maximum atomic E-state index is 13.1. The number of nitrogens with one attached hydrogen (secondary N) is 2. The van der Waals surface area contributed by atoms with Crippen molar-refractivity contribution in [2.45, 2.75) is 55.7 Å². The molecule has 4 aromatic carbocycles. The third-order valence-corrected chi connectivity index (χ3v) is 8.57. The van der Waals surface area contributed by atoms with Gasteiger partial charge in [0.2, 0.25) is 11.8 Å². The molecule has 4 aromatic rings. The fourth-order valence-corrected chi connectivity index (χ4v) is 5.76. The highest BCUT2D eigenvalue weighted by molar-refractivity contribution is 5.80. The molecule has 1 fully saturated rings. The summed E-state index contributed by atoms with van der Waals surface area (Å²) in [7, 11) is 0. The minimum Gasteiger partial charge on any atom is -0.508 e. The van der Waals surface area contributed by atoms with E-state index in [0.717, 1.165) is 22.3 Å². The van der Waals surface area contributed by atoms with Crippen LogP contribution in [-0.2, 0) is 36.9 Å². The Morgan fingerprint density at radius 2 is 1.35 bits per heavy atom. The van der Waals surface area contributed by atoms with Gasteiger partial charge >= 0.3 is 5.97 Å². The number of esters is 1. The van der Waals surface area contributed by atoms with Crippen LogP contribution in [0, 0.1) is 0 Å². The average Bonchev–Trinajstić information content (AvgIpc) is 3.14. The molecule has 1 aliphatic rings. The van der Waals surface area contributed by atoms with Crippen molar-refractivity contribution in [1.82, 2.24) is 10.6 Å². The van der Waals surface area contributed by atoms with E-state index in [1.807, 2.05) is 54.6 Å². The first kappa shape index (κ1) is 37.1. The molecule has 0 bridgehead atoms. The van der Waals surface area contributed by atoms with Gasteiger partial charge in [0.25, 0.3) is 5.79 Å². The van der Waals surface area contributed by atoms with E-state index in [0.29, 0.717) is 11.1 Å².